The molecule has 0 radical (unpaired) electrons. The van der Waals surface area contributed by atoms with Gasteiger partial charge in [-0.2, -0.15) is 0 Å². The summed E-state index contributed by atoms with van der Waals surface area (Å²) in [5.41, 5.74) is -0.152. The summed E-state index contributed by atoms with van der Waals surface area (Å²) in [7, 11) is 0. The molecule has 1 saturated heterocycles. The molecule has 2 aliphatic rings. The summed E-state index contributed by atoms with van der Waals surface area (Å²) in [6.07, 6.45) is 4.87. The predicted molar refractivity (Wildman–Crippen MR) is 103 cm³/mol. The molecule has 1 atom stereocenters. The Kier molecular flexibility index (Phi) is 6.75. The molecule has 28 heavy (non-hydrogen) atoms. The quantitative estimate of drug-likeness (QED) is 0.728. The minimum atomic E-state index is -0.803. The van der Waals surface area contributed by atoms with Crippen molar-refractivity contribution < 1.29 is 18.4 Å². The average Bonchev–Trinajstić information content (AvgIpc) is 3.18. The highest BCUT2D eigenvalue weighted by atomic mass is 35.5. The van der Waals surface area contributed by atoms with Gasteiger partial charge in [-0.15, -0.1) is 0 Å². The predicted octanol–water partition coefficient (Wildman–Crippen LogP) is 4.16. The van der Waals surface area contributed by atoms with Gasteiger partial charge in [-0.3, -0.25) is 4.79 Å². The molecule has 1 saturated carbocycles. The zero-order valence-electron chi connectivity index (χ0n) is 15.9. The van der Waals surface area contributed by atoms with Crippen LogP contribution < -0.4 is 10.6 Å². The number of hydrogen-bond acceptors (Lipinski definition) is 2. The fraction of sp³-hybridized carbons (Fsp3) is 0.600. The van der Waals surface area contributed by atoms with Crippen LogP contribution in [0.25, 0.3) is 0 Å². The summed E-state index contributed by atoms with van der Waals surface area (Å²) < 4.78 is 29.1. The van der Waals surface area contributed by atoms with Crippen molar-refractivity contribution >= 4 is 23.5 Å². The molecule has 0 unspecified atom stereocenters. The van der Waals surface area contributed by atoms with E-state index in [0.29, 0.717) is 25.9 Å². The van der Waals surface area contributed by atoms with E-state index in [9.17, 15) is 18.4 Å². The highest BCUT2D eigenvalue weighted by molar-refractivity contribution is 6.30. The van der Waals surface area contributed by atoms with Crippen LogP contribution in [-0.4, -0.2) is 36.0 Å². The number of nitrogens with one attached hydrogen (secondary N) is 2. The molecular weight excluding hydrogens is 388 g/mol. The Hall–Kier alpha value is -1.89. The molecule has 1 aromatic carbocycles. The third kappa shape index (κ3) is 4.74. The second-order valence-corrected chi connectivity index (χ2v) is 8.10. The van der Waals surface area contributed by atoms with Crippen molar-refractivity contribution in [3.05, 3.63) is 34.4 Å². The third-order valence-electron chi connectivity index (χ3n) is 5.73. The van der Waals surface area contributed by atoms with Gasteiger partial charge in [0.05, 0.1) is 11.1 Å². The van der Waals surface area contributed by atoms with Crippen molar-refractivity contribution in [2.45, 2.75) is 57.5 Å². The molecule has 0 bridgehead atoms. The lowest BCUT2D eigenvalue weighted by molar-refractivity contribution is -0.119. The van der Waals surface area contributed by atoms with Gasteiger partial charge >= 0.3 is 6.03 Å². The maximum atomic E-state index is 14.7. The number of piperidine rings is 1. The summed E-state index contributed by atoms with van der Waals surface area (Å²) in [6.45, 7) is 2.43. The van der Waals surface area contributed by atoms with E-state index in [1.807, 2.05) is 0 Å². The standard InChI is InChI=1S/C20H26ClF2N3O2/c1-12(27)24-14-8-10-26(11-9-14)20(28)25-19(13-4-2-3-5-13)17-16(22)7-6-15(21)18(17)23/h6-7,13-14,19H,2-5,8-11H2,1H3,(H,24,27)(H,25,28)/t19-/m0/s1. The van der Waals surface area contributed by atoms with Crippen LogP contribution in [0.4, 0.5) is 13.6 Å². The van der Waals surface area contributed by atoms with Crippen LogP contribution in [0.15, 0.2) is 12.1 Å². The molecule has 0 aromatic heterocycles. The van der Waals surface area contributed by atoms with Gasteiger partial charge in [0, 0.05) is 31.6 Å². The molecule has 1 heterocycles. The van der Waals surface area contributed by atoms with E-state index in [0.717, 1.165) is 31.7 Å². The SMILES string of the molecule is CC(=O)NC1CCN(C(=O)N[C@H](c2c(F)ccc(Cl)c2F)C2CCCC2)CC1. The second-order valence-electron chi connectivity index (χ2n) is 7.69. The number of halogens is 3. The number of urea groups is 1. The van der Waals surface area contributed by atoms with E-state index in [-0.39, 0.29) is 34.5 Å². The first-order valence-corrected chi connectivity index (χ1v) is 10.2. The van der Waals surface area contributed by atoms with Crippen molar-refractivity contribution in [2.24, 2.45) is 5.92 Å². The fourth-order valence-electron chi connectivity index (χ4n) is 4.28. The lowest BCUT2D eigenvalue weighted by atomic mass is 9.91. The largest absolute Gasteiger partial charge is 0.353 e. The number of hydrogen-bond donors (Lipinski definition) is 2. The topological polar surface area (TPSA) is 61.4 Å². The fourth-order valence-corrected chi connectivity index (χ4v) is 4.45. The van der Waals surface area contributed by atoms with E-state index in [1.165, 1.54) is 13.0 Å². The first-order valence-electron chi connectivity index (χ1n) is 9.82. The zero-order valence-corrected chi connectivity index (χ0v) is 16.7. The number of benzene rings is 1. The molecule has 5 nitrogen and oxygen atoms in total. The zero-order chi connectivity index (χ0) is 20.3. The Morgan fingerprint density at radius 1 is 1.14 bits per heavy atom. The van der Waals surface area contributed by atoms with Crippen LogP contribution in [0.3, 0.4) is 0 Å². The summed E-state index contributed by atoms with van der Waals surface area (Å²) in [6, 6.07) is 1.30. The molecule has 2 N–H and O–H groups in total. The lowest BCUT2D eigenvalue weighted by Gasteiger charge is -2.34. The molecule has 2 fully saturated rings. The summed E-state index contributed by atoms with van der Waals surface area (Å²) in [5.74, 6) is -1.61. The number of nitrogens with zero attached hydrogens (tertiary/aromatic N) is 1. The molecular formula is C20H26ClF2N3O2. The number of carbonyl (C=O) groups is 2. The van der Waals surface area contributed by atoms with Crippen LogP contribution in [0, 0.1) is 17.6 Å². The van der Waals surface area contributed by atoms with E-state index in [2.05, 4.69) is 10.6 Å². The van der Waals surface area contributed by atoms with Crippen LogP contribution in [0.1, 0.15) is 57.1 Å². The van der Waals surface area contributed by atoms with Crippen LogP contribution in [-0.2, 0) is 4.79 Å². The van der Waals surface area contributed by atoms with E-state index in [1.54, 1.807) is 4.90 Å². The number of carbonyl (C=O) groups excluding carboxylic acids is 2. The lowest BCUT2D eigenvalue weighted by Crippen LogP contribution is -2.50. The first kappa shape index (κ1) is 20.8. The van der Waals surface area contributed by atoms with E-state index in [4.69, 9.17) is 11.6 Å². The monoisotopic (exact) mass is 413 g/mol. The number of likely N-dealkylation sites (tertiary alicyclic amines) is 1. The Balaban J connectivity index is 1.73. The van der Waals surface area contributed by atoms with Crippen molar-refractivity contribution in [2.75, 3.05) is 13.1 Å². The molecule has 1 aliphatic heterocycles. The van der Waals surface area contributed by atoms with Gasteiger partial charge in [-0.1, -0.05) is 24.4 Å². The maximum Gasteiger partial charge on any atom is 0.317 e. The molecule has 3 rings (SSSR count). The Morgan fingerprint density at radius 2 is 1.79 bits per heavy atom. The average molecular weight is 414 g/mol. The molecule has 8 heteroatoms. The molecule has 1 aliphatic carbocycles. The van der Waals surface area contributed by atoms with Crippen molar-refractivity contribution in [3.8, 4) is 0 Å². The van der Waals surface area contributed by atoms with Crippen molar-refractivity contribution in [1.29, 1.82) is 0 Å². The smallest absolute Gasteiger partial charge is 0.317 e. The van der Waals surface area contributed by atoms with Crippen molar-refractivity contribution in [1.82, 2.24) is 15.5 Å². The highest BCUT2D eigenvalue weighted by Gasteiger charge is 2.34. The summed E-state index contributed by atoms with van der Waals surface area (Å²) >= 11 is 5.88. The summed E-state index contributed by atoms with van der Waals surface area (Å²) in [5, 5.41) is 5.58. The molecule has 1 aromatic rings. The third-order valence-corrected chi connectivity index (χ3v) is 6.02. The van der Waals surface area contributed by atoms with Gasteiger partial charge in [0.15, 0.2) is 0 Å². The normalized spacial score (nSPS) is 19.5. The van der Waals surface area contributed by atoms with Gasteiger partial charge < -0.3 is 15.5 Å². The Bertz CT molecular complexity index is 732. The maximum absolute atomic E-state index is 14.7. The van der Waals surface area contributed by atoms with Gasteiger partial charge in [0.2, 0.25) is 5.91 Å². The van der Waals surface area contributed by atoms with Gasteiger partial charge in [-0.05, 0) is 43.7 Å². The highest BCUT2D eigenvalue weighted by Crippen LogP contribution is 2.39. The van der Waals surface area contributed by atoms with Crippen LogP contribution in [0.2, 0.25) is 5.02 Å². The summed E-state index contributed by atoms with van der Waals surface area (Å²) in [4.78, 5) is 25.6. The molecule has 0 spiro atoms. The van der Waals surface area contributed by atoms with Gasteiger partial charge in [-0.25, -0.2) is 13.6 Å². The Morgan fingerprint density at radius 3 is 2.39 bits per heavy atom. The molecule has 3 amide bonds. The molecule has 154 valence electrons. The second kappa shape index (κ2) is 9.07. The van der Waals surface area contributed by atoms with E-state index < -0.39 is 17.7 Å². The van der Waals surface area contributed by atoms with Crippen LogP contribution >= 0.6 is 11.6 Å². The first-order chi connectivity index (χ1) is 13.4. The minimum Gasteiger partial charge on any atom is -0.353 e. The van der Waals surface area contributed by atoms with Gasteiger partial charge in [0.1, 0.15) is 11.6 Å². The Labute approximate surface area is 168 Å². The van der Waals surface area contributed by atoms with Crippen molar-refractivity contribution in [3.63, 3.8) is 0 Å². The van der Waals surface area contributed by atoms with Gasteiger partial charge in [0.25, 0.3) is 0 Å². The minimum absolute atomic E-state index is 0.0247. The number of amides is 3. The van der Waals surface area contributed by atoms with E-state index >= 15 is 0 Å². The van der Waals surface area contributed by atoms with Crippen LogP contribution in [0.5, 0.6) is 0 Å². The number of rotatable bonds is 4.